The molecule has 0 bridgehead atoms. The van der Waals surface area contributed by atoms with Crippen molar-refractivity contribution in [2.45, 2.75) is 10.7 Å². The van der Waals surface area contributed by atoms with Gasteiger partial charge in [0.1, 0.15) is 5.75 Å². The molecule has 132 valence electrons. The molecule has 0 aliphatic heterocycles. The van der Waals surface area contributed by atoms with Gasteiger partial charge < -0.3 is 14.6 Å². The largest absolute Gasteiger partial charge is 0.504 e. The van der Waals surface area contributed by atoms with Gasteiger partial charge in [0.05, 0.1) is 19.1 Å². The Bertz CT molecular complexity index is 791. The lowest BCUT2D eigenvalue weighted by atomic mass is 10.1. The number of allylic oxidation sites excluding steroid dienone is 1. The van der Waals surface area contributed by atoms with Gasteiger partial charge in [-0.05, 0) is 42.0 Å². The Balaban J connectivity index is 2.18. The van der Waals surface area contributed by atoms with Gasteiger partial charge in [-0.25, -0.2) is 0 Å². The van der Waals surface area contributed by atoms with Gasteiger partial charge in [-0.3, -0.25) is 4.79 Å². The molecule has 7 heteroatoms. The number of methoxy groups -OCH3 is 2. The Morgan fingerprint density at radius 1 is 1.12 bits per heavy atom. The fourth-order valence-corrected chi connectivity index (χ4v) is 2.69. The molecule has 4 nitrogen and oxygen atoms in total. The number of phenolic OH excluding ortho intramolecular Hbond substituents is 1. The summed E-state index contributed by atoms with van der Waals surface area (Å²) in [6.45, 7) is 0. The first-order chi connectivity index (χ1) is 11.9. The van der Waals surface area contributed by atoms with Gasteiger partial charge in [-0.2, -0.15) is 8.78 Å². The number of ketones is 1. The maximum absolute atomic E-state index is 12.5. The van der Waals surface area contributed by atoms with Gasteiger partial charge in [0, 0.05) is 5.56 Å². The minimum absolute atomic E-state index is 0.0351. The molecule has 0 heterocycles. The highest BCUT2D eigenvalue weighted by Crippen LogP contribution is 2.34. The average molecular weight is 366 g/mol. The summed E-state index contributed by atoms with van der Waals surface area (Å²) >= 11 is 0.358. The number of phenols is 1. The SMILES string of the molecule is COc1ccc(C=CC(=O)c2ccc(SC(F)F)c(OC)c2)cc1O. The predicted octanol–water partition coefficient (Wildman–Crippen LogP) is 4.62. The lowest BCUT2D eigenvalue weighted by molar-refractivity contribution is 0.104. The van der Waals surface area contributed by atoms with Crippen LogP contribution in [0.1, 0.15) is 15.9 Å². The van der Waals surface area contributed by atoms with Crippen molar-refractivity contribution in [3.05, 3.63) is 53.6 Å². The second-order valence-corrected chi connectivity index (χ2v) is 5.90. The number of rotatable bonds is 7. The zero-order valence-corrected chi connectivity index (χ0v) is 14.3. The van der Waals surface area contributed by atoms with Crippen LogP contribution in [0.4, 0.5) is 8.78 Å². The van der Waals surface area contributed by atoms with Crippen molar-refractivity contribution < 1.29 is 28.2 Å². The molecule has 0 spiro atoms. The van der Waals surface area contributed by atoms with Gasteiger partial charge in [-0.15, -0.1) is 0 Å². The molecule has 0 aliphatic carbocycles. The Morgan fingerprint density at radius 3 is 2.44 bits per heavy atom. The maximum atomic E-state index is 12.5. The molecular formula is C18H16F2O4S. The van der Waals surface area contributed by atoms with Crippen LogP contribution in [0.3, 0.4) is 0 Å². The summed E-state index contributed by atoms with van der Waals surface area (Å²) in [6, 6.07) is 9.04. The number of hydrogen-bond donors (Lipinski definition) is 1. The van der Waals surface area contributed by atoms with E-state index in [9.17, 15) is 18.7 Å². The lowest BCUT2D eigenvalue weighted by Gasteiger charge is -2.08. The zero-order valence-electron chi connectivity index (χ0n) is 13.5. The standard InChI is InChI=1S/C18H16F2O4S/c1-23-15-7-4-11(9-14(15)22)3-6-13(21)12-5-8-17(25-18(19)20)16(10-12)24-2/h3-10,18,22H,1-2H3. The van der Waals surface area contributed by atoms with Crippen molar-refractivity contribution in [1.29, 1.82) is 0 Å². The fraction of sp³-hybridized carbons (Fsp3) is 0.167. The van der Waals surface area contributed by atoms with E-state index in [2.05, 4.69) is 0 Å². The van der Waals surface area contributed by atoms with Crippen molar-refractivity contribution >= 4 is 23.6 Å². The van der Waals surface area contributed by atoms with Crippen LogP contribution in [-0.2, 0) is 0 Å². The quantitative estimate of drug-likeness (QED) is 0.440. The number of halogens is 2. The number of thioether (sulfide) groups is 1. The van der Waals surface area contributed by atoms with E-state index in [1.807, 2.05) is 0 Å². The number of carbonyl (C=O) groups excluding carboxylic acids is 1. The van der Waals surface area contributed by atoms with E-state index in [-0.39, 0.29) is 22.2 Å². The van der Waals surface area contributed by atoms with Gasteiger partial charge in [-0.1, -0.05) is 23.9 Å². The molecule has 0 saturated carbocycles. The number of carbonyl (C=O) groups is 1. The molecular weight excluding hydrogens is 350 g/mol. The van der Waals surface area contributed by atoms with Gasteiger partial charge in [0.2, 0.25) is 0 Å². The van der Waals surface area contributed by atoms with E-state index in [4.69, 9.17) is 9.47 Å². The highest BCUT2D eigenvalue weighted by Gasteiger charge is 2.13. The first-order valence-electron chi connectivity index (χ1n) is 7.17. The van der Waals surface area contributed by atoms with Crippen LogP contribution in [0.2, 0.25) is 0 Å². The van der Waals surface area contributed by atoms with E-state index in [0.717, 1.165) is 0 Å². The van der Waals surface area contributed by atoms with E-state index in [1.165, 1.54) is 50.6 Å². The van der Waals surface area contributed by atoms with Crippen LogP contribution >= 0.6 is 11.8 Å². The number of ether oxygens (including phenoxy) is 2. The Labute approximate surface area is 148 Å². The minimum atomic E-state index is -2.57. The summed E-state index contributed by atoms with van der Waals surface area (Å²) < 4.78 is 35.0. The summed E-state index contributed by atoms with van der Waals surface area (Å²) in [5.74, 6) is -2.38. The summed E-state index contributed by atoms with van der Waals surface area (Å²) in [5.41, 5.74) is 0.924. The molecule has 0 amide bonds. The summed E-state index contributed by atoms with van der Waals surface area (Å²) in [5, 5.41) is 9.72. The second kappa shape index (κ2) is 8.53. The van der Waals surface area contributed by atoms with Gasteiger partial charge in [0.15, 0.2) is 17.3 Å². The van der Waals surface area contributed by atoms with Crippen LogP contribution in [0.5, 0.6) is 17.2 Å². The van der Waals surface area contributed by atoms with Crippen molar-refractivity contribution in [2.75, 3.05) is 14.2 Å². The van der Waals surface area contributed by atoms with E-state index < -0.39 is 5.76 Å². The Morgan fingerprint density at radius 2 is 1.84 bits per heavy atom. The average Bonchev–Trinajstić information content (AvgIpc) is 2.59. The molecule has 0 radical (unpaired) electrons. The molecule has 0 aromatic heterocycles. The molecule has 0 fully saturated rings. The molecule has 25 heavy (non-hydrogen) atoms. The molecule has 2 aromatic rings. The van der Waals surface area contributed by atoms with Crippen molar-refractivity contribution in [1.82, 2.24) is 0 Å². The minimum Gasteiger partial charge on any atom is -0.504 e. The first-order valence-corrected chi connectivity index (χ1v) is 8.05. The van der Waals surface area contributed by atoms with Crippen molar-refractivity contribution in [2.24, 2.45) is 0 Å². The second-order valence-electron chi connectivity index (χ2n) is 4.87. The first kappa shape index (κ1) is 18.8. The summed E-state index contributed by atoms with van der Waals surface area (Å²) in [6.07, 6.45) is 2.87. The van der Waals surface area contributed by atoms with E-state index >= 15 is 0 Å². The number of hydrogen-bond acceptors (Lipinski definition) is 5. The highest BCUT2D eigenvalue weighted by molar-refractivity contribution is 7.99. The van der Waals surface area contributed by atoms with Gasteiger partial charge >= 0.3 is 0 Å². The Kier molecular flexibility index (Phi) is 6.41. The number of alkyl halides is 2. The molecule has 0 aliphatic rings. The topological polar surface area (TPSA) is 55.8 Å². The van der Waals surface area contributed by atoms with Crippen LogP contribution in [0, 0.1) is 0 Å². The normalized spacial score (nSPS) is 11.1. The molecule has 0 atom stereocenters. The monoisotopic (exact) mass is 366 g/mol. The predicted molar refractivity (Wildman–Crippen MR) is 92.9 cm³/mol. The molecule has 0 saturated heterocycles. The fourth-order valence-electron chi connectivity index (χ4n) is 2.09. The van der Waals surface area contributed by atoms with Crippen LogP contribution < -0.4 is 9.47 Å². The smallest absolute Gasteiger partial charge is 0.289 e. The molecule has 1 N–H and O–H groups in total. The van der Waals surface area contributed by atoms with Crippen LogP contribution in [0.25, 0.3) is 6.08 Å². The van der Waals surface area contributed by atoms with E-state index in [1.54, 1.807) is 12.1 Å². The summed E-state index contributed by atoms with van der Waals surface area (Å²) in [4.78, 5) is 12.5. The third kappa shape index (κ3) is 4.96. The number of aromatic hydroxyl groups is 1. The van der Waals surface area contributed by atoms with Crippen LogP contribution in [0.15, 0.2) is 47.4 Å². The van der Waals surface area contributed by atoms with Crippen molar-refractivity contribution in [3.8, 4) is 17.2 Å². The van der Waals surface area contributed by atoms with E-state index in [0.29, 0.717) is 28.6 Å². The number of benzene rings is 2. The molecule has 2 aromatic carbocycles. The van der Waals surface area contributed by atoms with Crippen molar-refractivity contribution in [3.63, 3.8) is 0 Å². The maximum Gasteiger partial charge on any atom is 0.289 e. The Hall–Kier alpha value is -2.54. The molecule has 0 unspecified atom stereocenters. The zero-order chi connectivity index (χ0) is 18.4. The lowest BCUT2D eigenvalue weighted by Crippen LogP contribution is -1.97. The highest BCUT2D eigenvalue weighted by atomic mass is 32.2. The summed E-state index contributed by atoms with van der Waals surface area (Å²) in [7, 11) is 2.80. The van der Waals surface area contributed by atoms with Gasteiger partial charge in [0.25, 0.3) is 5.76 Å². The third-order valence-electron chi connectivity index (χ3n) is 3.29. The molecule has 2 rings (SSSR count). The third-order valence-corrected chi connectivity index (χ3v) is 4.06. The van der Waals surface area contributed by atoms with Crippen LogP contribution in [-0.4, -0.2) is 30.9 Å².